The van der Waals surface area contributed by atoms with E-state index >= 15 is 0 Å². The lowest BCUT2D eigenvalue weighted by Gasteiger charge is -2.35. The number of nitriles is 1. The molecule has 1 rings (SSSR count). The molecule has 2 N–H and O–H groups in total. The number of amides is 3. The van der Waals surface area contributed by atoms with Crippen LogP contribution in [0.1, 0.15) is 72.1 Å². The van der Waals surface area contributed by atoms with Crippen molar-refractivity contribution in [2.24, 2.45) is 5.92 Å². The number of rotatable bonds is 9. The first-order valence-electron chi connectivity index (χ1n) is 11.3. The predicted octanol–water partition coefficient (Wildman–Crippen LogP) is 3.85. The number of ether oxygens (including phenoxy) is 1. The number of carbonyl (C=O) groups is 3. The summed E-state index contributed by atoms with van der Waals surface area (Å²) in [5.41, 5.74) is 0.780. The first kappa shape index (κ1) is 28.0. The molecule has 0 fully saturated rings. The third-order valence-electron chi connectivity index (χ3n) is 5.02. The molecule has 3 atom stereocenters. The van der Waals surface area contributed by atoms with Crippen molar-refractivity contribution in [3.63, 3.8) is 0 Å². The molecular weight excluding hydrogens is 420 g/mol. The second-order valence-electron chi connectivity index (χ2n) is 9.61. The summed E-state index contributed by atoms with van der Waals surface area (Å²) in [5, 5.41) is 15.0. The summed E-state index contributed by atoms with van der Waals surface area (Å²) in [6, 6.07) is 7.14. The van der Waals surface area contributed by atoms with Crippen LogP contribution in [-0.2, 0) is 14.3 Å². The molecule has 0 aliphatic heterocycles. The Bertz CT molecular complexity index is 870. The standard InChI is InChI=1S/C25H38N4O4/c1-9-18(5)20(28-24(32)33-25(6,7)8)23(31)29(14-13-26)21(22(30)27-16(2)3)19-12-10-11-17(4)15-19/h10-12,15-16,18,20-21H,9,14H2,1-8H3,(H,27,30)(H,28,32). The molecule has 0 spiro atoms. The van der Waals surface area contributed by atoms with Crippen LogP contribution in [0.5, 0.6) is 0 Å². The fraction of sp³-hybridized carbons (Fsp3) is 0.600. The summed E-state index contributed by atoms with van der Waals surface area (Å²) in [5.74, 6) is -1.15. The average Bonchev–Trinajstić information content (AvgIpc) is 2.68. The first-order chi connectivity index (χ1) is 15.3. The molecule has 0 aliphatic carbocycles. The maximum absolute atomic E-state index is 13.7. The van der Waals surface area contributed by atoms with Crippen LogP contribution < -0.4 is 10.6 Å². The minimum Gasteiger partial charge on any atom is -0.444 e. The van der Waals surface area contributed by atoms with Gasteiger partial charge >= 0.3 is 6.09 Å². The molecule has 33 heavy (non-hydrogen) atoms. The summed E-state index contributed by atoms with van der Waals surface area (Å²) < 4.78 is 5.35. The van der Waals surface area contributed by atoms with Gasteiger partial charge in [-0.3, -0.25) is 9.59 Å². The van der Waals surface area contributed by atoms with E-state index in [4.69, 9.17) is 4.74 Å². The lowest BCUT2D eigenvalue weighted by molar-refractivity contribution is -0.142. The molecule has 1 aromatic rings. The van der Waals surface area contributed by atoms with Gasteiger partial charge in [0, 0.05) is 6.04 Å². The van der Waals surface area contributed by atoms with Gasteiger partial charge in [0.2, 0.25) is 11.8 Å². The normalized spacial score (nSPS) is 13.9. The second-order valence-corrected chi connectivity index (χ2v) is 9.61. The van der Waals surface area contributed by atoms with Gasteiger partial charge in [0.15, 0.2) is 0 Å². The fourth-order valence-corrected chi connectivity index (χ4v) is 3.35. The van der Waals surface area contributed by atoms with Crippen LogP contribution in [0.25, 0.3) is 0 Å². The summed E-state index contributed by atoms with van der Waals surface area (Å²) in [7, 11) is 0. The zero-order chi connectivity index (χ0) is 25.3. The van der Waals surface area contributed by atoms with E-state index in [1.807, 2.05) is 52.8 Å². The molecule has 8 nitrogen and oxygen atoms in total. The van der Waals surface area contributed by atoms with Gasteiger partial charge in [0.1, 0.15) is 24.2 Å². The fourth-order valence-electron chi connectivity index (χ4n) is 3.35. The molecular formula is C25H38N4O4. The number of aryl methyl sites for hydroxylation is 1. The number of carbonyl (C=O) groups excluding carboxylic acids is 3. The van der Waals surface area contributed by atoms with Crippen molar-refractivity contribution < 1.29 is 19.1 Å². The Kier molecular flexibility index (Phi) is 10.4. The van der Waals surface area contributed by atoms with Crippen molar-refractivity contribution >= 4 is 17.9 Å². The molecule has 8 heteroatoms. The van der Waals surface area contributed by atoms with Crippen molar-refractivity contribution in [3.05, 3.63) is 35.4 Å². The van der Waals surface area contributed by atoms with E-state index in [1.165, 1.54) is 4.90 Å². The minimum atomic E-state index is -1.02. The lowest BCUT2D eigenvalue weighted by atomic mass is 9.95. The molecule has 3 unspecified atom stereocenters. The Balaban J connectivity index is 3.45. The van der Waals surface area contributed by atoms with Crippen LogP contribution in [0.2, 0.25) is 0 Å². The summed E-state index contributed by atoms with van der Waals surface area (Å²) >= 11 is 0. The van der Waals surface area contributed by atoms with E-state index in [0.717, 1.165) is 5.56 Å². The van der Waals surface area contributed by atoms with Crippen LogP contribution in [0, 0.1) is 24.2 Å². The summed E-state index contributed by atoms with van der Waals surface area (Å²) in [4.78, 5) is 40.7. The number of hydrogen-bond donors (Lipinski definition) is 2. The second kappa shape index (κ2) is 12.2. The highest BCUT2D eigenvalue weighted by Crippen LogP contribution is 2.25. The van der Waals surface area contributed by atoms with Gasteiger partial charge in [-0.1, -0.05) is 50.1 Å². The number of hydrogen-bond acceptors (Lipinski definition) is 5. The monoisotopic (exact) mass is 458 g/mol. The molecule has 0 heterocycles. The zero-order valence-corrected chi connectivity index (χ0v) is 21.1. The average molecular weight is 459 g/mol. The van der Waals surface area contributed by atoms with E-state index in [-0.39, 0.29) is 24.4 Å². The summed E-state index contributed by atoms with van der Waals surface area (Å²) in [6.07, 6.45) is -0.128. The highest BCUT2D eigenvalue weighted by Gasteiger charge is 2.38. The van der Waals surface area contributed by atoms with Gasteiger partial charge in [-0.05, 0) is 53.0 Å². The number of nitrogens with zero attached hydrogens (tertiary/aromatic N) is 2. The first-order valence-corrected chi connectivity index (χ1v) is 11.3. The highest BCUT2D eigenvalue weighted by molar-refractivity contribution is 5.92. The highest BCUT2D eigenvalue weighted by atomic mass is 16.6. The number of nitrogens with one attached hydrogen (secondary N) is 2. The Labute approximate surface area is 197 Å². The molecule has 0 aliphatic rings. The lowest BCUT2D eigenvalue weighted by Crippen LogP contribution is -2.55. The van der Waals surface area contributed by atoms with Gasteiger partial charge in [-0.25, -0.2) is 4.79 Å². The van der Waals surface area contributed by atoms with E-state index in [9.17, 15) is 19.6 Å². The molecule has 3 amide bonds. The smallest absolute Gasteiger partial charge is 0.408 e. The van der Waals surface area contributed by atoms with E-state index in [0.29, 0.717) is 12.0 Å². The van der Waals surface area contributed by atoms with E-state index in [2.05, 4.69) is 10.6 Å². The Morgan fingerprint density at radius 3 is 2.27 bits per heavy atom. The molecule has 0 radical (unpaired) electrons. The molecule has 182 valence electrons. The van der Waals surface area contributed by atoms with Gasteiger partial charge in [0.05, 0.1) is 6.07 Å². The largest absolute Gasteiger partial charge is 0.444 e. The Hall–Kier alpha value is -3.08. The molecule has 0 saturated heterocycles. The maximum Gasteiger partial charge on any atom is 0.408 e. The van der Waals surface area contributed by atoms with Crippen LogP contribution in [0.4, 0.5) is 4.79 Å². The van der Waals surface area contributed by atoms with Crippen LogP contribution in [0.15, 0.2) is 24.3 Å². The topological polar surface area (TPSA) is 112 Å². The maximum atomic E-state index is 13.7. The predicted molar refractivity (Wildman–Crippen MR) is 127 cm³/mol. The van der Waals surface area contributed by atoms with Crippen LogP contribution in [0.3, 0.4) is 0 Å². The molecule has 0 saturated carbocycles. The van der Waals surface area contributed by atoms with Crippen molar-refractivity contribution in [2.75, 3.05) is 6.54 Å². The number of benzene rings is 1. The van der Waals surface area contributed by atoms with Crippen molar-refractivity contribution in [1.29, 1.82) is 5.26 Å². The third kappa shape index (κ3) is 8.76. The Morgan fingerprint density at radius 1 is 1.15 bits per heavy atom. The van der Waals surface area contributed by atoms with Gasteiger partial charge in [-0.2, -0.15) is 5.26 Å². The van der Waals surface area contributed by atoms with E-state index < -0.39 is 29.7 Å². The van der Waals surface area contributed by atoms with Gasteiger partial charge in [0.25, 0.3) is 0 Å². The zero-order valence-electron chi connectivity index (χ0n) is 21.1. The summed E-state index contributed by atoms with van der Waals surface area (Å²) in [6.45, 7) is 14.2. The Morgan fingerprint density at radius 2 is 1.79 bits per heavy atom. The minimum absolute atomic E-state index is 0.158. The molecule has 0 aromatic heterocycles. The van der Waals surface area contributed by atoms with Crippen LogP contribution in [-0.4, -0.2) is 47.0 Å². The van der Waals surface area contributed by atoms with Gasteiger partial charge < -0.3 is 20.3 Å². The quantitative estimate of drug-likeness (QED) is 0.546. The SMILES string of the molecule is CCC(C)C(NC(=O)OC(C)(C)C)C(=O)N(CC#N)C(C(=O)NC(C)C)c1cccc(C)c1. The van der Waals surface area contributed by atoms with Crippen molar-refractivity contribution in [2.45, 2.75) is 85.5 Å². The molecule has 0 bridgehead atoms. The van der Waals surface area contributed by atoms with Crippen molar-refractivity contribution in [1.82, 2.24) is 15.5 Å². The van der Waals surface area contributed by atoms with E-state index in [1.54, 1.807) is 32.9 Å². The van der Waals surface area contributed by atoms with Crippen LogP contribution >= 0.6 is 0 Å². The number of alkyl carbamates (subject to hydrolysis) is 1. The third-order valence-corrected chi connectivity index (χ3v) is 5.02. The van der Waals surface area contributed by atoms with Gasteiger partial charge in [-0.15, -0.1) is 0 Å². The van der Waals surface area contributed by atoms with Crippen molar-refractivity contribution in [3.8, 4) is 6.07 Å². The molecule has 1 aromatic carbocycles.